The number of nitrogens with zero attached hydrogens (tertiary/aromatic N) is 1. The largest absolute Gasteiger partial charge is 0.496 e. The maximum atomic E-state index is 5.94. The predicted octanol–water partition coefficient (Wildman–Crippen LogP) is 2.95. The topological polar surface area (TPSA) is 59.6 Å². The highest BCUT2D eigenvalue weighted by Gasteiger charge is 2.10. The molecule has 122 valence electrons. The molecule has 0 saturated carbocycles. The third-order valence-electron chi connectivity index (χ3n) is 3.77. The molecule has 4 nitrogen and oxygen atoms in total. The molecule has 2 aromatic rings. The second-order valence-electron chi connectivity index (χ2n) is 5.53. The zero-order valence-electron chi connectivity index (χ0n) is 13.8. The predicted molar refractivity (Wildman–Crippen MR) is 96.0 cm³/mol. The standard InChI is InChI=1S/C19H25N3O/c1-15(17-10-6-7-11-18(17)23-2)14-22-19(20)21-13-12-16-8-4-3-5-9-16/h3-11,15H,12-14H2,1-2H3,(H3,20,21,22). The summed E-state index contributed by atoms with van der Waals surface area (Å²) in [4.78, 5) is 4.43. The molecule has 0 aromatic heterocycles. The normalized spacial score (nSPS) is 12.7. The van der Waals surface area contributed by atoms with Crippen molar-refractivity contribution >= 4 is 5.96 Å². The molecular weight excluding hydrogens is 286 g/mol. The Balaban J connectivity index is 1.82. The Morgan fingerprint density at radius 3 is 2.57 bits per heavy atom. The minimum atomic E-state index is 0.251. The average molecular weight is 311 g/mol. The smallest absolute Gasteiger partial charge is 0.188 e. The van der Waals surface area contributed by atoms with Crippen molar-refractivity contribution in [1.82, 2.24) is 5.32 Å². The molecule has 0 aliphatic rings. The van der Waals surface area contributed by atoms with Gasteiger partial charge in [0, 0.05) is 19.0 Å². The monoisotopic (exact) mass is 311 g/mol. The van der Waals surface area contributed by atoms with E-state index in [0.717, 1.165) is 24.3 Å². The van der Waals surface area contributed by atoms with Crippen LogP contribution < -0.4 is 15.8 Å². The summed E-state index contributed by atoms with van der Waals surface area (Å²) < 4.78 is 5.39. The van der Waals surface area contributed by atoms with Crippen LogP contribution in [0.4, 0.5) is 0 Å². The van der Waals surface area contributed by atoms with E-state index in [2.05, 4.69) is 35.4 Å². The van der Waals surface area contributed by atoms with Gasteiger partial charge in [0.05, 0.1) is 7.11 Å². The van der Waals surface area contributed by atoms with E-state index in [0.29, 0.717) is 12.5 Å². The summed E-state index contributed by atoms with van der Waals surface area (Å²) in [5.41, 5.74) is 8.38. The van der Waals surface area contributed by atoms with Gasteiger partial charge in [-0.05, 0) is 23.6 Å². The van der Waals surface area contributed by atoms with Gasteiger partial charge in [0.15, 0.2) is 5.96 Å². The Kier molecular flexibility index (Phi) is 6.48. The molecule has 2 aromatic carbocycles. The fourth-order valence-electron chi connectivity index (χ4n) is 2.44. The van der Waals surface area contributed by atoms with Gasteiger partial charge in [0.2, 0.25) is 0 Å². The molecule has 3 N–H and O–H groups in total. The van der Waals surface area contributed by atoms with Crippen LogP contribution in [-0.4, -0.2) is 26.2 Å². The molecule has 0 radical (unpaired) electrons. The van der Waals surface area contributed by atoms with Gasteiger partial charge in [-0.25, -0.2) is 0 Å². The van der Waals surface area contributed by atoms with Crippen LogP contribution in [0.15, 0.2) is 59.6 Å². The second-order valence-corrected chi connectivity index (χ2v) is 5.53. The van der Waals surface area contributed by atoms with Crippen LogP contribution in [0.1, 0.15) is 24.0 Å². The highest BCUT2D eigenvalue weighted by atomic mass is 16.5. The summed E-state index contributed by atoms with van der Waals surface area (Å²) in [6, 6.07) is 18.3. The van der Waals surface area contributed by atoms with E-state index >= 15 is 0 Å². The van der Waals surface area contributed by atoms with Gasteiger partial charge >= 0.3 is 0 Å². The summed E-state index contributed by atoms with van der Waals surface area (Å²) in [7, 11) is 1.69. The van der Waals surface area contributed by atoms with Crippen molar-refractivity contribution in [2.75, 3.05) is 20.2 Å². The molecule has 1 unspecified atom stereocenters. The van der Waals surface area contributed by atoms with Gasteiger partial charge in [-0.3, -0.25) is 4.99 Å². The lowest BCUT2D eigenvalue weighted by Gasteiger charge is -2.14. The van der Waals surface area contributed by atoms with Crippen LogP contribution in [0.2, 0.25) is 0 Å². The number of para-hydroxylation sites is 1. The number of rotatable bonds is 7. The minimum absolute atomic E-state index is 0.251. The van der Waals surface area contributed by atoms with Crippen LogP contribution in [0.25, 0.3) is 0 Å². The Bertz CT molecular complexity index is 626. The van der Waals surface area contributed by atoms with Crippen LogP contribution in [0.3, 0.4) is 0 Å². The first-order valence-corrected chi connectivity index (χ1v) is 7.91. The van der Waals surface area contributed by atoms with Gasteiger partial charge in [0.1, 0.15) is 5.75 Å². The Morgan fingerprint density at radius 2 is 1.83 bits per heavy atom. The Hall–Kier alpha value is -2.49. The first-order valence-electron chi connectivity index (χ1n) is 7.91. The van der Waals surface area contributed by atoms with Gasteiger partial charge < -0.3 is 15.8 Å². The zero-order valence-corrected chi connectivity index (χ0v) is 13.8. The molecule has 0 bridgehead atoms. The molecule has 0 aliphatic carbocycles. The van der Waals surface area contributed by atoms with E-state index in [1.807, 2.05) is 36.4 Å². The summed E-state index contributed by atoms with van der Waals surface area (Å²) in [5, 5.41) is 3.16. The quantitative estimate of drug-likeness (QED) is 0.610. The first kappa shape index (κ1) is 16.9. The minimum Gasteiger partial charge on any atom is -0.496 e. The number of nitrogens with two attached hydrogens (primary N) is 1. The van der Waals surface area contributed by atoms with E-state index in [9.17, 15) is 0 Å². The zero-order chi connectivity index (χ0) is 16.5. The van der Waals surface area contributed by atoms with Crippen molar-refractivity contribution in [2.45, 2.75) is 19.3 Å². The number of methoxy groups -OCH3 is 1. The molecule has 0 fully saturated rings. The van der Waals surface area contributed by atoms with Gasteiger partial charge in [0.25, 0.3) is 0 Å². The van der Waals surface area contributed by atoms with Gasteiger partial charge in [-0.1, -0.05) is 55.5 Å². The summed E-state index contributed by atoms with van der Waals surface area (Å²) in [5.74, 6) is 1.63. The Labute approximate surface area is 138 Å². The van der Waals surface area contributed by atoms with Crippen molar-refractivity contribution < 1.29 is 4.74 Å². The van der Waals surface area contributed by atoms with Crippen LogP contribution in [0, 0.1) is 0 Å². The number of hydrogen-bond donors (Lipinski definition) is 2. The van der Waals surface area contributed by atoms with Crippen molar-refractivity contribution in [3.05, 3.63) is 65.7 Å². The first-order chi connectivity index (χ1) is 11.2. The van der Waals surface area contributed by atoms with Crippen molar-refractivity contribution in [2.24, 2.45) is 10.7 Å². The molecule has 1 atom stereocenters. The molecular formula is C19H25N3O. The third-order valence-corrected chi connectivity index (χ3v) is 3.77. The fraction of sp³-hybridized carbons (Fsp3) is 0.316. The van der Waals surface area contributed by atoms with Crippen LogP contribution in [-0.2, 0) is 6.42 Å². The highest BCUT2D eigenvalue weighted by Crippen LogP contribution is 2.26. The van der Waals surface area contributed by atoms with Crippen LogP contribution >= 0.6 is 0 Å². The number of guanidine groups is 1. The number of hydrogen-bond acceptors (Lipinski definition) is 2. The molecule has 4 heteroatoms. The molecule has 0 amide bonds. The number of aliphatic imine (C=N–C) groups is 1. The highest BCUT2D eigenvalue weighted by molar-refractivity contribution is 5.77. The second kappa shape index (κ2) is 8.83. The SMILES string of the molecule is COc1ccccc1C(C)CN=C(N)NCCc1ccccc1. The van der Waals surface area contributed by atoms with Gasteiger partial charge in [-0.2, -0.15) is 0 Å². The van der Waals surface area contributed by atoms with E-state index in [-0.39, 0.29) is 5.92 Å². The van der Waals surface area contributed by atoms with Crippen molar-refractivity contribution in [1.29, 1.82) is 0 Å². The molecule has 0 saturated heterocycles. The number of ether oxygens (including phenoxy) is 1. The fourth-order valence-corrected chi connectivity index (χ4v) is 2.44. The van der Waals surface area contributed by atoms with E-state index < -0.39 is 0 Å². The molecule has 0 spiro atoms. The summed E-state index contributed by atoms with van der Waals surface area (Å²) in [6.45, 7) is 3.53. The number of benzene rings is 2. The number of nitrogens with one attached hydrogen (secondary N) is 1. The average Bonchev–Trinajstić information content (AvgIpc) is 2.60. The lowest BCUT2D eigenvalue weighted by atomic mass is 10.0. The lowest BCUT2D eigenvalue weighted by molar-refractivity contribution is 0.407. The third kappa shape index (κ3) is 5.33. The van der Waals surface area contributed by atoms with Crippen LogP contribution in [0.5, 0.6) is 5.75 Å². The van der Waals surface area contributed by atoms with Crippen molar-refractivity contribution in [3.63, 3.8) is 0 Å². The van der Waals surface area contributed by atoms with E-state index in [1.165, 1.54) is 5.56 Å². The summed E-state index contributed by atoms with van der Waals surface area (Å²) >= 11 is 0. The molecule has 0 aliphatic heterocycles. The lowest BCUT2D eigenvalue weighted by Crippen LogP contribution is -2.33. The molecule has 2 rings (SSSR count). The van der Waals surface area contributed by atoms with E-state index in [1.54, 1.807) is 7.11 Å². The molecule has 0 heterocycles. The summed E-state index contributed by atoms with van der Waals surface area (Å²) in [6.07, 6.45) is 0.930. The Morgan fingerprint density at radius 1 is 1.13 bits per heavy atom. The molecule has 23 heavy (non-hydrogen) atoms. The maximum absolute atomic E-state index is 5.94. The van der Waals surface area contributed by atoms with E-state index in [4.69, 9.17) is 10.5 Å². The van der Waals surface area contributed by atoms with Gasteiger partial charge in [-0.15, -0.1) is 0 Å². The maximum Gasteiger partial charge on any atom is 0.188 e. The van der Waals surface area contributed by atoms with Crippen molar-refractivity contribution in [3.8, 4) is 5.75 Å².